The fourth-order valence-electron chi connectivity index (χ4n) is 2.90. The molecule has 0 bridgehead atoms. The van der Waals surface area contributed by atoms with E-state index in [1.165, 1.54) is 16.8 Å². The minimum Gasteiger partial charge on any atom is -0.310 e. The van der Waals surface area contributed by atoms with Crippen molar-refractivity contribution in [2.45, 2.75) is 47.1 Å². The largest absolute Gasteiger partial charge is 0.310 e. The minimum atomic E-state index is 0.288. The van der Waals surface area contributed by atoms with Gasteiger partial charge in [0.15, 0.2) is 0 Å². The van der Waals surface area contributed by atoms with Crippen LogP contribution in [0.25, 0.3) is 5.69 Å². The highest BCUT2D eigenvalue weighted by molar-refractivity contribution is 9.10. The highest BCUT2D eigenvalue weighted by atomic mass is 79.9. The molecule has 1 aromatic carbocycles. The van der Waals surface area contributed by atoms with Gasteiger partial charge in [0.05, 0.1) is 11.4 Å². The number of halogens is 1. The van der Waals surface area contributed by atoms with E-state index in [1.807, 2.05) is 0 Å². The predicted octanol–water partition coefficient (Wildman–Crippen LogP) is 4.48. The van der Waals surface area contributed by atoms with Crippen molar-refractivity contribution in [2.75, 3.05) is 6.54 Å². The van der Waals surface area contributed by atoms with Gasteiger partial charge in [-0.15, -0.1) is 0 Å². The summed E-state index contributed by atoms with van der Waals surface area (Å²) in [7, 11) is 0. The van der Waals surface area contributed by atoms with Gasteiger partial charge in [-0.2, -0.15) is 5.10 Å². The second-order valence-corrected chi connectivity index (χ2v) is 6.31. The highest BCUT2D eigenvalue weighted by Gasteiger charge is 2.17. The minimum absolute atomic E-state index is 0.288. The van der Waals surface area contributed by atoms with E-state index >= 15 is 0 Å². The van der Waals surface area contributed by atoms with Crippen molar-refractivity contribution in [2.24, 2.45) is 0 Å². The van der Waals surface area contributed by atoms with E-state index in [4.69, 9.17) is 5.10 Å². The molecule has 0 saturated heterocycles. The van der Waals surface area contributed by atoms with Gasteiger partial charge in [0.1, 0.15) is 0 Å². The molecule has 1 unspecified atom stereocenters. The van der Waals surface area contributed by atoms with Crippen molar-refractivity contribution in [3.05, 3.63) is 45.2 Å². The molecular weight excluding hydrogens is 326 g/mol. The van der Waals surface area contributed by atoms with E-state index < -0.39 is 0 Å². The standard InChI is InChI=1S/C17H24BrN3/c1-6-15-12(4)20-21(13(15)5)17-9-8-14(18)10-16(17)11(3)19-7-2/h8-11,19H,6-7H2,1-5H3. The Balaban J connectivity index is 2.58. The lowest BCUT2D eigenvalue weighted by Gasteiger charge is -2.18. The Morgan fingerprint density at radius 2 is 2.00 bits per heavy atom. The third-order valence-electron chi connectivity index (χ3n) is 3.99. The molecule has 0 spiro atoms. The quantitative estimate of drug-likeness (QED) is 0.861. The fourth-order valence-corrected chi connectivity index (χ4v) is 3.28. The van der Waals surface area contributed by atoms with Gasteiger partial charge in [-0.05, 0) is 63.1 Å². The molecule has 4 heteroatoms. The van der Waals surface area contributed by atoms with E-state index in [1.54, 1.807) is 0 Å². The van der Waals surface area contributed by atoms with Crippen LogP contribution in [0.1, 0.15) is 49.3 Å². The topological polar surface area (TPSA) is 29.9 Å². The van der Waals surface area contributed by atoms with Crippen LogP contribution in [0.3, 0.4) is 0 Å². The fraction of sp³-hybridized carbons (Fsp3) is 0.471. The number of nitrogens with one attached hydrogen (secondary N) is 1. The molecule has 3 nitrogen and oxygen atoms in total. The van der Waals surface area contributed by atoms with Gasteiger partial charge in [-0.1, -0.05) is 29.8 Å². The van der Waals surface area contributed by atoms with E-state index in [0.717, 1.165) is 28.8 Å². The third-order valence-corrected chi connectivity index (χ3v) is 4.48. The van der Waals surface area contributed by atoms with Crippen LogP contribution in [-0.2, 0) is 6.42 Å². The van der Waals surface area contributed by atoms with Crippen molar-refractivity contribution in [1.82, 2.24) is 15.1 Å². The summed E-state index contributed by atoms with van der Waals surface area (Å²) in [5, 5.41) is 8.25. The molecule has 1 aromatic heterocycles. The molecule has 1 N–H and O–H groups in total. The Morgan fingerprint density at radius 3 is 2.57 bits per heavy atom. The van der Waals surface area contributed by atoms with Crippen molar-refractivity contribution < 1.29 is 0 Å². The van der Waals surface area contributed by atoms with E-state index in [2.05, 4.69) is 78.7 Å². The summed E-state index contributed by atoms with van der Waals surface area (Å²) < 4.78 is 3.19. The lowest BCUT2D eigenvalue weighted by molar-refractivity contribution is 0.592. The highest BCUT2D eigenvalue weighted by Crippen LogP contribution is 2.28. The Kier molecular flexibility index (Phi) is 5.22. The number of nitrogens with zero attached hydrogens (tertiary/aromatic N) is 2. The zero-order chi connectivity index (χ0) is 15.6. The Labute approximate surface area is 135 Å². The summed E-state index contributed by atoms with van der Waals surface area (Å²) in [6.07, 6.45) is 1.02. The lowest BCUT2D eigenvalue weighted by Crippen LogP contribution is -2.20. The van der Waals surface area contributed by atoms with E-state index in [0.29, 0.717) is 0 Å². The lowest BCUT2D eigenvalue weighted by atomic mass is 10.1. The number of hydrogen-bond acceptors (Lipinski definition) is 2. The molecule has 2 rings (SSSR count). The van der Waals surface area contributed by atoms with Crippen LogP contribution in [0.4, 0.5) is 0 Å². The second-order valence-electron chi connectivity index (χ2n) is 5.40. The zero-order valence-corrected chi connectivity index (χ0v) is 15.1. The van der Waals surface area contributed by atoms with Gasteiger partial charge in [0.25, 0.3) is 0 Å². The molecule has 0 aliphatic heterocycles. The molecule has 0 fully saturated rings. The van der Waals surface area contributed by atoms with Crippen LogP contribution in [0.5, 0.6) is 0 Å². The Bertz CT molecular complexity index is 631. The number of aryl methyl sites for hydroxylation is 1. The first-order chi connectivity index (χ1) is 9.99. The summed E-state index contributed by atoms with van der Waals surface area (Å²) >= 11 is 3.58. The molecule has 2 aromatic rings. The molecule has 0 aliphatic rings. The van der Waals surface area contributed by atoms with Crippen LogP contribution in [0.15, 0.2) is 22.7 Å². The summed E-state index contributed by atoms with van der Waals surface area (Å²) in [5.41, 5.74) is 6.13. The Hall–Kier alpha value is -1.13. The first kappa shape index (κ1) is 16.2. The molecule has 1 heterocycles. The summed E-state index contributed by atoms with van der Waals surface area (Å²) in [4.78, 5) is 0. The molecule has 1 atom stereocenters. The maximum atomic E-state index is 4.76. The van der Waals surface area contributed by atoms with Crippen LogP contribution in [0, 0.1) is 13.8 Å². The van der Waals surface area contributed by atoms with Crippen LogP contribution in [0.2, 0.25) is 0 Å². The van der Waals surface area contributed by atoms with Gasteiger partial charge in [-0.3, -0.25) is 0 Å². The van der Waals surface area contributed by atoms with Gasteiger partial charge >= 0.3 is 0 Å². The number of rotatable bonds is 5. The van der Waals surface area contributed by atoms with Crippen LogP contribution >= 0.6 is 15.9 Å². The summed E-state index contributed by atoms with van der Waals surface area (Å²) in [6.45, 7) is 11.7. The molecule has 0 radical (unpaired) electrons. The van der Waals surface area contributed by atoms with E-state index in [-0.39, 0.29) is 6.04 Å². The van der Waals surface area contributed by atoms with E-state index in [9.17, 15) is 0 Å². The summed E-state index contributed by atoms with van der Waals surface area (Å²) in [5.74, 6) is 0. The number of hydrogen-bond donors (Lipinski definition) is 1. The van der Waals surface area contributed by atoms with Gasteiger partial charge in [0.2, 0.25) is 0 Å². The summed E-state index contributed by atoms with van der Waals surface area (Å²) in [6, 6.07) is 6.70. The van der Waals surface area contributed by atoms with Crippen molar-refractivity contribution in [3.63, 3.8) is 0 Å². The number of aromatic nitrogens is 2. The van der Waals surface area contributed by atoms with Gasteiger partial charge in [-0.25, -0.2) is 4.68 Å². The van der Waals surface area contributed by atoms with Gasteiger partial charge < -0.3 is 5.32 Å². The van der Waals surface area contributed by atoms with Crippen molar-refractivity contribution in [3.8, 4) is 5.69 Å². The number of benzene rings is 1. The molecular formula is C17H24BrN3. The average Bonchev–Trinajstić information content (AvgIpc) is 2.73. The van der Waals surface area contributed by atoms with Crippen molar-refractivity contribution in [1.29, 1.82) is 0 Å². The first-order valence-corrected chi connectivity index (χ1v) is 8.37. The maximum absolute atomic E-state index is 4.76. The molecule has 0 saturated carbocycles. The predicted molar refractivity (Wildman–Crippen MR) is 92.2 cm³/mol. The monoisotopic (exact) mass is 349 g/mol. The third kappa shape index (κ3) is 3.22. The average molecular weight is 350 g/mol. The molecule has 0 aliphatic carbocycles. The van der Waals surface area contributed by atoms with Gasteiger partial charge in [0, 0.05) is 16.2 Å². The van der Waals surface area contributed by atoms with Crippen LogP contribution < -0.4 is 5.32 Å². The molecule has 0 amide bonds. The molecule has 21 heavy (non-hydrogen) atoms. The first-order valence-electron chi connectivity index (χ1n) is 7.57. The Morgan fingerprint density at radius 1 is 1.29 bits per heavy atom. The maximum Gasteiger partial charge on any atom is 0.0697 e. The molecule has 114 valence electrons. The normalized spacial score (nSPS) is 12.7. The van der Waals surface area contributed by atoms with Crippen LogP contribution in [-0.4, -0.2) is 16.3 Å². The SMILES string of the molecule is CCNC(C)c1cc(Br)ccc1-n1nc(C)c(CC)c1C. The zero-order valence-electron chi connectivity index (χ0n) is 13.5. The van der Waals surface area contributed by atoms with Crippen molar-refractivity contribution >= 4 is 15.9 Å². The second kappa shape index (κ2) is 6.75. The smallest absolute Gasteiger partial charge is 0.0697 e.